The van der Waals surface area contributed by atoms with Gasteiger partial charge in [0, 0.05) is 42.8 Å². The van der Waals surface area contributed by atoms with Gasteiger partial charge in [0.2, 0.25) is 23.5 Å². The highest BCUT2D eigenvalue weighted by molar-refractivity contribution is 5.92. The van der Waals surface area contributed by atoms with E-state index in [0.717, 1.165) is 24.0 Å². The molecule has 1 aromatic heterocycles. The van der Waals surface area contributed by atoms with E-state index in [0.29, 0.717) is 48.4 Å². The molecule has 3 aromatic rings. The van der Waals surface area contributed by atoms with Crippen LogP contribution in [0.25, 0.3) is 17.5 Å². The fourth-order valence-electron chi connectivity index (χ4n) is 4.08. The SMILES string of the molecule is CCC(=O)Nc1cccc(-c2noc(C3CCN(C(=O)/C=C/c4ccc(OC)c(OC)c4)CC3)n2)c1. The first kappa shape index (κ1) is 25.0. The summed E-state index contributed by atoms with van der Waals surface area (Å²) in [5, 5.41) is 6.97. The molecule has 0 radical (unpaired) electrons. The maximum absolute atomic E-state index is 12.7. The zero-order valence-electron chi connectivity index (χ0n) is 20.7. The molecular weight excluding hydrogens is 460 g/mol. The van der Waals surface area contributed by atoms with Crippen molar-refractivity contribution in [1.82, 2.24) is 15.0 Å². The summed E-state index contributed by atoms with van der Waals surface area (Å²) in [4.78, 5) is 30.8. The van der Waals surface area contributed by atoms with Gasteiger partial charge in [-0.15, -0.1) is 0 Å². The summed E-state index contributed by atoms with van der Waals surface area (Å²) in [5.41, 5.74) is 2.32. The van der Waals surface area contributed by atoms with Gasteiger partial charge in [0.25, 0.3) is 0 Å². The Morgan fingerprint density at radius 1 is 1.11 bits per heavy atom. The van der Waals surface area contributed by atoms with Gasteiger partial charge in [-0.25, -0.2) is 0 Å². The molecule has 4 rings (SSSR count). The number of carbonyl (C=O) groups is 2. The minimum absolute atomic E-state index is 0.0413. The molecule has 2 amide bonds. The highest BCUT2D eigenvalue weighted by atomic mass is 16.5. The third-order valence-corrected chi connectivity index (χ3v) is 6.15. The third kappa shape index (κ3) is 5.91. The molecular formula is C27H30N4O5. The first-order chi connectivity index (χ1) is 17.5. The van der Waals surface area contributed by atoms with Crippen LogP contribution < -0.4 is 14.8 Å². The lowest BCUT2D eigenvalue weighted by Crippen LogP contribution is -2.36. The van der Waals surface area contributed by atoms with E-state index in [-0.39, 0.29) is 17.7 Å². The molecule has 2 heterocycles. The second-order valence-corrected chi connectivity index (χ2v) is 8.49. The molecule has 9 heteroatoms. The Morgan fingerprint density at radius 2 is 1.89 bits per heavy atom. The summed E-state index contributed by atoms with van der Waals surface area (Å²) < 4.78 is 16.1. The van der Waals surface area contributed by atoms with Crippen molar-refractivity contribution in [3.8, 4) is 22.9 Å². The second kappa shape index (κ2) is 11.5. The Hall–Kier alpha value is -4.14. The Labute approximate surface area is 210 Å². The monoisotopic (exact) mass is 490 g/mol. The number of ether oxygens (including phenoxy) is 2. The van der Waals surface area contributed by atoms with E-state index >= 15 is 0 Å². The number of piperidine rings is 1. The molecule has 36 heavy (non-hydrogen) atoms. The predicted octanol–water partition coefficient (Wildman–Crippen LogP) is 4.52. The van der Waals surface area contributed by atoms with Gasteiger partial charge in [-0.1, -0.05) is 30.3 Å². The normalized spacial score (nSPS) is 14.1. The lowest BCUT2D eigenvalue weighted by molar-refractivity contribution is -0.127. The number of likely N-dealkylation sites (tertiary alicyclic amines) is 1. The zero-order valence-corrected chi connectivity index (χ0v) is 20.7. The molecule has 1 N–H and O–H groups in total. The van der Waals surface area contributed by atoms with Crippen LogP contribution in [0.15, 0.2) is 53.1 Å². The van der Waals surface area contributed by atoms with E-state index in [1.165, 1.54) is 0 Å². The Kier molecular flexibility index (Phi) is 7.99. The largest absolute Gasteiger partial charge is 0.493 e. The molecule has 0 aliphatic carbocycles. The van der Waals surface area contributed by atoms with Crippen molar-refractivity contribution in [2.45, 2.75) is 32.1 Å². The van der Waals surface area contributed by atoms with Gasteiger partial charge in [-0.05, 0) is 48.7 Å². The fraction of sp³-hybridized carbons (Fsp3) is 0.333. The molecule has 1 saturated heterocycles. The Balaban J connectivity index is 1.34. The number of nitrogens with zero attached hydrogens (tertiary/aromatic N) is 3. The second-order valence-electron chi connectivity index (χ2n) is 8.49. The number of methoxy groups -OCH3 is 2. The molecule has 9 nitrogen and oxygen atoms in total. The maximum Gasteiger partial charge on any atom is 0.246 e. The molecule has 2 aromatic carbocycles. The van der Waals surface area contributed by atoms with Crippen LogP contribution in [-0.4, -0.2) is 54.2 Å². The summed E-state index contributed by atoms with van der Waals surface area (Å²) in [6.07, 6.45) is 5.24. The minimum Gasteiger partial charge on any atom is -0.493 e. The van der Waals surface area contributed by atoms with E-state index in [2.05, 4.69) is 15.5 Å². The van der Waals surface area contributed by atoms with Crippen molar-refractivity contribution in [3.63, 3.8) is 0 Å². The van der Waals surface area contributed by atoms with Crippen LogP contribution in [0.5, 0.6) is 11.5 Å². The average Bonchev–Trinajstić information content (AvgIpc) is 3.42. The van der Waals surface area contributed by atoms with E-state index in [1.807, 2.05) is 47.4 Å². The van der Waals surface area contributed by atoms with Crippen LogP contribution in [-0.2, 0) is 9.59 Å². The molecule has 0 saturated carbocycles. The summed E-state index contributed by atoms with van der Waals surface area (Å²) >= 11 is 0. The highest BCUT2D eigenvalue weighted by Crippen LogP contribution is 2.30. The molecule has 1 aliphatic heterocycles. The Morgan fingerprint density at radius 3 is 2.61 bits per heavy atom. The Bertz CT molecular complexity index is 1240. The summed E-state index contributed by atoms with van der Waals surface area (Å²) in [6, 6.07) is 12.9. The van der Waals surface area contributed by atoms with Crippen LogP contribution >= 0.6 is 0 Å². The van der Waals surface area contributed by atoms with Gasteiger partial charge >= 0.3 is 0 Å². The van der Waals surface area contributed by atoms with Gasteiger partial charge < -0.3 is 24.2 Å². The number of nitrogens with one attached hydrogen (secondary N) is 1. The smallest absolute Gasteiger partial charge is 0.246 e. The van der Waals surface area contributed by atoms with Crippen LogP contribution in [0.1, 0.15) is 43.6 Å². The molecule has 0 unspecified atom stereocenters. The number of amides is 2. The third-order valence-electron chi connectivity index (χ3n) is 6.15. The van der Waals surface area contributed by atoms with Crippen molar-refractivity contribution < 1.29 is 23.6 Å². The number of benzene rings is 2. The number of rotatable bonds is 8. The van der Waals surface area contributed by atoms with Gasteiger partial charge in [0.05, 0.1) is 14.2 Å². The topological polar surface area (TPSA) is 107 Å². The molecule has 1 fully saturated rings. The van der Waals surface area contributed by atoms with E-state index in [1.54, 1.807) is 33.3 Å². The molecule has 0 spiro atoms. The number of aromatic nitrogens is 2. The fourth-order valence-corrected chi connectivity index (χ4v) is 4.08. The lowest BCUT2D eigenvalue weighted by Gasteiger charge is -2.29. The van der Waals surface area contributed by atoms with Crippen LogP contribution in [0.4, 0.5) is 5.69 Å². The molecule has 0 bridgehead atoms. The zero-order chi connectivity index (χ0) is 25.5. The van der Waals surface area contributed by atoms with Crippen LogP contribution in [0.3, 0.4) is 0 Å². The van der Waals surface area contributed by atoms with Crippen molar-refractivity contribution in [2.24, 2.45) is 0 Å². The molecule has 0 atom stereocenters. The first-order valence-electron chi connectivity index (χ1n) is 11.9. The average molecular weight is 491 g/mol. The molecule has 1 aliphatic rings. The van der Waals surface area contributed by atoms with Gasteiger partial charge in [0.15, 0.2) is 11.5 Å². The number of hydrogen-bond donors (Lipinski definition) is 1. The number of carbonyl (C=O) groups excluding carboxylic acids is 2. The van der Waals surface area contributed by atoms with E-state index in [9.17, 15) is 9.59 Å². The van der Waals surface area contributed by atoms with E-state index < -0.39 is 0 Å². The maximum atomic E-state index is 12.7. The van der Waals surface area contributed by atoms with E-state index in [4.69, 9.17) is 14.0 Å². The summed E-state index contributed by atoms with van der Waals surface area (Å²) in [6.45, 7) is 3.02. The van der Waals surface area contributed by atoms with Gasteiger partial charge in [0.1, 0.15) is 0 Å². The van der Waals surface area contributed by atoms with Crippen molar-refractivity contribution >= 4 is 23.6 Å². The number of anilines is 1. The summed E-state index contributed by atoms with van der Waals surface area (Å²) in [5.74, 6) is 2.30. The lowest BCUT2D eigenvalue weighted by atomic mass is 9.96. The molecule has 188 valence electrons. The van der Waals surface area contributed by atoms with Crippen molar-refractivity contribution in [2.75, 3.05) is 32.6 Å². The van der Waals surface area contributed by atoms with Gasteiger partial charge in [-0.2, -0.15) is 4.98 Å². The minimum atomic E-state index is -0.0548. The quantitative estimate of drug-likeness (QED) is 0.463. The number of hydrogen-bond acceptors (Lipinski definition) is 7. The van der Waals surface area contributed by atoms with Crippen molar-refractivity contribution in [3.05, 3.63) is 60.0 Å². The summed E-state index contributed by atoms with van der Waals surface area (Å²) in [7, 11) is 3.17. The first-order valence-corrected chi connectivity index (χ1v) is 11.9. The van der Waals surface area contributed by atoms with Crippen molar-refractivity contribution in [1.29, 1.82) is 0 Å². The van der Waals surface area contributed by atoms with Gasteiger partial charge in [-0.3, -0.25) is 9.59 Å². The highest BCUT2D eigenvalue weighted by Gasteiger charge is 2.27. The van der Waals surface area contributed by atoms with Crippen LogP contribution in [0, 0.1) is 0 Å². The standard InChI is InChI=1S/C27H30N4O5/c1-4-24(32)28-21-7-5-6-20(17-21)26-29-27(36-30-26)19-12-14-31(15-13-19)25(33)11-9-18-8-10-22(34-2)23(16-18)35-3/h5-11,16-17,19H,4,12-15H2,1-3H3,(H,28,32)/b11-9+. The predicted molar refractivity (Wildman–Crippen MR) is 136 cm³/mol. The van der Waals surface area contributed by atoms with Crippen LogP contribution in [0.2, 0.25) is 0 Å².